The van der Waals surface area contributed by atoms with Crippen LogP contribution in [0.25, 0.3) is 0 Å². The number of aryl methyl sites for hydroxylation is 1. The fourth-order valence-corrected chi connectivity index (χ4v) is 5.79. The zero-order valence-corrected chi connectivity index (χ0v) is 28.4. The summed E-state index contributed by atoms with van der Waals surface area (Å²) in [6.07, 6.45) is 32.8. The molecule has 0 spiro atoms. The Hall–Kier alpha value is 0.288. The normalized spacial score (nSPS) is 10.7. The smallest absolute Gasteiger partial charge is 0.147 e. The molecule has 4 heteroatoms. The summed E-state index contributed by atoms with van der Waals surface area (Å²) < 4.78 is 5.91. The SMILES string of the molecule is CCCCCCCCCc1ccc([O][Mo])c(CCCCCCCCC)c1CCCCCCCCC.Cl.Cl. The van der Waals surface area contributed by atoms with Crippen LogP contribution < -0.4 is 3.39 Å². The Labute approximate surface area is 256 Å². The van der Waals surface area contributed by atoms with Crippen LogP contribution in [0.3, 0.4) is 0 Å². The molecule has 1 nitrogen and oxygen atoms in total. The van der Waals surface area contributed by atoms with Crippen LogP contribution in [0.5, 0.6) is 5.75 Å². The van der Waals surface area contributed by atoms with E-state index in [1.54, 1.807) is 36.9 Å². The number of halogens is 2. The van der Waals surface area contributed by atoms with Crippen molar-refractivity contribution in [3.8, 4) is 5.75 Å². The third-order valence-corrected chi connectivity index (χ3v) is 8.13. The molecule has 0 aliphatic heterocycles. The first-order valence-electron chi connectivity index (χ1n) is 15.7. The van der Waals surface area contributed by atoms with E-state index in [1.165, 1.54) is 154 Å². The van der Waals surface area contributed by atoms with Crippen molar-refractivity contribution >= 4 is 24.8 Å². The van der Waals surface area contributed by atoms with Gasteiger partial charge in [-0.15, -0.1) is 24.8 Å². The molecule has 0 fully saturated rings. The molecule has 0 saturated carbocycles. The van der Waals surface area contributed by atoms with E-state index in [4.69, 9.17) is 3.39 Å². The van der Waals surface area contributed by atoms with Gasteiger partial charge in [-0.3, -0.25) is 0 Å². The molecule has 0 N–H and O–H groups in total. The van der Waals surface area contributed by atoms with Crippen LogP contribution in [-0.2, 0) is 39.5 Å². The predicted molar refractivity (Wildman–Crippen MR) is 167 cm³/mol. The molecule has 1 rings (SSSR count). The average molecular weight is 641 g/mol. The second-order valence-corrected chi connectivity index (χ2v) is 11.3. The van der Waals surface area contributed by atoms with Gasteiger partial charge in [0.15, 0.2) is 0 Å². The second kappa shape index (κ2) is 29.3. The first-order valence-corrected chi connectivity index (χ1v) is 16.5. The molecule has 0 radical (unpaired) electrons. The summed E-state index contributed by atoms with van der Waals surface area (Å²) in [6, 6.07) is 4.69. The van der Waals surface area contributed by atoms with Crippen LogP contribution in [0.2, 0.25) is 0 Å². The molecule has 0 aromatic heterocycles. The average Bonchev–Trinajstić information content (AvgIpc) is 2.87. The Kier molecular flexibility index (Phi) is 31.2. The van der Waals surface area contributed by atoms with Gasteiger partial charge in [0.05, 0.1) is 0 Å². The molecule has 37 heavy (non-hydrogen) atoms. The fourth-order valence-electron chi connectivity index (χ4n) is 5.41. The molecule has 1 aromatic carbocycles. The van der Waals surface area contributed by atoms with Gasteiger partial charge >= 0.3 is 213 Å². The minimum atomic E-state index is 0. The van der Waals surface area contributed by atoms with Gasteiger partial charge in [-0.05, 0) is 0 Å². The predicted octanol–water partition coefficient (Wildman–Crippen LogP) is 12.3. The molecule has 0 bridgehead atoms. The van der Waals surface area contributed by atoms with Crippen LogP contribution in [0.1, 0.15) is 172 Å². The first-order chi connectivity index (χ1) is 17.3. The molecule has 0 amide bonds. The summed E-state index contributed by atoms with van der Waals surface area (Å²) in [4.78, 5) is 0. The van der Waals surface area contributed by atoms with Crippen LogP contribution >= 0.6 is 24.8 Å². The summed E-state index contributed by atoms with van der Waals surface area (Å²) in [7, 11) is 0. The van der Waals surface area contributed by atoms with Crippen molar-refractivity contribution in [1.29, 1.82) is 0 Å². The van der Waals surface area contributed by atoms with Crippen LogP contribution in [-0.4, -0.2) is 0 Å². The summed E-state index contributed by atoms with van der Waals surface area (Å²) in [5.74, 6) is 1.15. The van der Waals surface area contributed by atoms with Crippen molar-refractivity contribution < 1.29 is 23.6 Å². The third kappa shape index (κ3) is 19.9. The van der Waals surface area contributed by atoms with Crippen molar-refractivity contribution in [3.05, 3.63) is 28.8 Å². The van der Waals surface area contributed by atoms with E-state index in [0.29, 0.717) is 0 Å². The molecular weight excluding hydrogens is 579 g/mol. The van der Waals surface area contributed by atoms with Crippen LogP contribution in [0.4, 0.5) is 0 Å². The third-order valence-electron chi connectivity index (χ3n) is 7.69. The Morgan fingerprint density at radius 3 is 1.22 bits per heavy atom. The van der Waals surface area contributed by atoms with E-state index in [1.807, 2.05) is 0 Å². The monoisotopic (exact) mass is 641 g/mol. The molecule has 0 aliphatic rings. The van der Waals surface area contributed by atoms with Crippen molar-refractivity contribution in [2.75, 3.05) is 0 Å². The number of hydrogen-bond acceptors (Lipinski definition) is 1. The number of rotatable bonds is 25. The first kappa shape index (κ1) is 39.4. The fraction of sp³-hybridized carbons (Fsp3) is 0.818. The van der Waals surface area contributed by atoms with Gasteiger partial charge < -0.3 is 0 Å². The molecule has 0 heterocycles. The maximum atomic E-state index is 5.91. The van der Waals surface area contributed by atoms with Crippen molar-refractivity contribution in [2.45, 2.75) is 175 Å². The maximum absolute atomic E-state index is 5.91. The molecule has 219 valence electrons. The van der Waals surface area contributed by atoms with Gasteiger partial charge in [-0.2, -0.15) is 0 Å². The van der Waals surface area contributed by atoms with E-state index in [-0.39, 0.29) is 24.8 Å². The minimum Gasteiger partial charge on any atom is -0.147 e. The van der Waals surface area contributed by atoms with E-state index >= 15 is 0 Å². The zero-order valence-electron chi connectivity index (χ0n) is 24.8. The molecule has 1 aromatic rings. The number of benzene rings is 1. The Morgan fingerprint density at radius 2 is 0.811 bits per heavy atom. The van der Waals surface area contributed by atoms with Gasteiger partial charge in [0.2, 0.25) is 0 Å². The van der Waals surface area contributed by atoms with Gasteiger partial charge in [-0.1, -0.05) is 20.3 Å². The number of hydrogen-bond donors (Lipinski definition) is 0. The van der Waals surface area contributed by atoms with E-state index in [9.17, 15) is 0 Å². The van der Waals surface area contributed by atoms with E-state index in [0.717, 1.165) is 5.75 Å². The van der Waals surface area contributed by atoms with Crippen molar-refractivity contribution in [1.82, 2.24) is 0 Å². The molecule has 0 atom stereocenters. The minimum absolute atomic E-state index is 0. The summed E-state index contributed by atoms with van der Waals surface area (Å²) >= 11 is 1.79. The van der Waals surface area contributed by atoms with Crippen molar-refractivity contribution in [2.24, 2.45) is 0 Å². The van der Waals surface area contributed by atoms with Gasteiger partial charge in [0.1, 0.15) is 0 Å². The second-order valence-electron chi connectivity index (χ2n) is 10.9. The summed E-state index contributed by atoms with van der Waals surface area (Å²) in [6.45, 7) is 6.92. The molecular formula is C33H61Cl2MoO. The molecule has 0 aliphatic carbocycles. The van der Waals surface area contributed by atoms with Crippen LogP contribution in [0, 0.1) is 0 Å². The van der Waals surface area contributed by atoms with Gasteiger partial charge in [-0.25, -0.2) is 0 Å². The standard InChI is InChI=1S/C33H60O.2ClH.Mo/c1-4-7-10-13-16-19-22-25-30-28-29-33(34)32(27-24-21-18-15-12-9-6-3)31(30)26-23-20-17-14-11-8-5-2;;;/h28-29,34H,4-27H2,1-3H3;2*1H;/q;;;+1/p-1. The topological polar surface area (TPSA) is 9.23 Å². The van der Waals surface area contributed by atoms with Crippen LogP contribution in [0.15, 0.2) is 12.1 Å². The zero-order chi connectivity index (χ0) is 25.4. The Balaban J connectivity index is 0. The Bertz CT molecular complexity index is 608. The van der Waals surface area contributed by atoms with Gasteiger partial charge in [0.25, 0.3) is 0 Å². The molecule has 0 saturated heterocycles. The van der Waals surface area contributed by atoms with Gasteiger partial charge in [0, 0.05) is 0 Å². The molecule has 0 unspecified atom stereocenters. The summed E-state index contributed by atoms with van der Waals surface area (Å²) in [5, 5.41) is 0. The quantitative estimate of drug-likeness (QED) is 0.0763. The number of unbranched alkanes of at least 4 members (excludes halogenated alkanes) is 18. The van der Waals surface area contributed by atoms with Crippen molar-refractivity contribution in [3.63, 3.8) is 0 Å². The Morgan fingerprint density at radius 1 is 0.459 bits per heavy atom. The van der Waals surface area contributed by atoms with E-state index in [2.05, 4.69) is 32.9 Å². The summed E-state index contributed by atoms with van der Waals surface area (Å²) in [5.41, 5.74) is 4.84. The van der Waals surface area contributed by atoms with E-state index < -0.39 is 0 Å².